The highest BCUT2D eigenvalue weighted by Gasteiger charge is 2.18. The van der Waals surface area contributed by atoms with Crippen LogP contribution in [0.15, 0.2) is 24.3 Å². The minimum atomic E-state index is -0.0919. The van der Waals surface area contributed by atoms with Crippen molar-refractivity contribution in [2.75, 3.05) is 19.8 Å². The lowest BCUT2D eigenvalue weighted by molar-refractivity contribution is 0.0696. The molecular weight excluding hydrogens is 254 g/mol. The van der Waals surface area contributed by atoms with E-state index in [9.17, 15) is 4.79 Å². The van der Waals surface area contributed by atoms with Crippen molar-refractivity contribution >= 4 is 5.91 Å². The second-order valence-electron chi connectivity index (χ2n) is 4.68. The van der Waals surface area contributed by atoms with Gasteiger partial charge in [-0.2, -0.15) is 0 Å². The average Bonchev–Trinajstić information content (AvgIpc) is 2.49. The first kappa shape index (κ1) is 14.6. The lowest BCUT2D eigenvalue weighted by atomic mass is 10.0. The van der Waals surface area contributed by atoms with Crippen LogP contribution < -0.4 is 5.32 Å². The molecule has 1 aliphatic heterocycles. The molecule has 0 saturated carbocycles. The van der Waals surface area contributed by atoms with Crippen LogP contribution in [0.25, 0.3) is 0 Å². The molecule has 1 aromatic carbocycles. The number of hydrogen-bond acceptors (Lipinski definition) is 3. The van der Waals surface area contributed by atoms with Crippen molar-refractivity contribution in [3.63, 3.8) is 0 Å². The lowest BCUT2D eigenvalue weighted by Gasteiger charge is -2.23. The Morgan fingerprint density at radius 2 is 2.10 bits per heavy atom. The molecule has 4 heteroatoms. The number of hydrogen-bond donors (Lipinski definition) is 2. The van der Waals surface area contributed by atoms with Gasteiger partial charge in [-0.3, -0.25) is 4.79 Å². The number of aliphatic hydroxyl groups excluding tert-OH is 1. The molecule has 1 heterocycles. The number of carbonyl (C=O) groups excluding carboxylic acids is 1. The van der Waals surface area contributed by atoms with E-state index in [2.05, 4.69) is 17.2 Å². The van der Waals surface area contributed by atoms with Gasteiger partial charge in [0.05, 0.1) is 12.2 Å². The molecule has 0 aromatic heterocycles. The predicted molar refractivity (Wildman–Crippen MR) is 76.3 cm³/mol. The Morgan fingerprint density at radius 3 is 2.85 bits per heavy atom. The van der Waals surface area contributed by atoms with E-state index in [0.29, 0.717) is 30.8 Å². The maximum atomic E-state index is 12.3. The van der Waals surface area contributed by atoms with E-state index in [1.807, 2.05) is 18.2 Å². The van der Waals surface area contributed by atoms with Crippen LogP contribution in [0.5, 0.6) is 0 Å². The highest BCUT2D eigenvalue weighted by Crippen LogP contribution is 2.11. The summed E-state index contributed by atoms with van der Waals surface area (Å²) in [5.41, 5.74) is 1.29. The van der Waals surface area contributed by atoms with E-state index < -0.39 is 0 Å². The zero-order valence-corrected chi connectivity index (χ0v) is 11.4. The van der Waals surface area contributed by atoms with Crippen LogP contribution in [0.1, 0.15) is 35.2 Å². The van der Waals surface area contributed by atoms with Crippen molar-refractivity contribution < 1.29 is 14.6 Å². The molecule has 0 spiro atoms. The summed E-state index contributed by atoms with van der Waals surface area (Å²) in [7, 11) is 0. The van der Waals surface area contributed by atoms with Crippen molar-refractivity contribution in [2.24, 2.45) is 0 Å². The smallest absolute Gasteiger partial charge is 0.252 e. The Bertz CT molecular complexity index is 510. The first-order valence-electron chi connectivity index (χ1n) is 6.88. The SMILES string of the molecule is O=C(NC1CCOCC1)c1ccccc1C#CCCO. The monoisotopic (exact) mass is 273 g/mol. The third-order valence-corrected chi connectivity index (χ3v) is 3.19. The van der Waals surface area contributed by atoms with Crippen LogP contribution >= 0.6 is 0 Å². The number of ether oxygens (including phenoxy) is 1. The molecule has 1 fully saturated rings. The number of carbonyl (C=O) groups is 1. The number of benzene rings is 1. The molecule has 20 heavy (non-hydrogen) atoms. The number of nitrogens with one attached hydrogen (secondary N) is 1. The van der Waals surface area contributed by atoms with Gasteiger partial charge in [0.2, 0.25) is 0 Å². The van der Waals surface area contributed by atoms with Gasteiger partial charge in [0.15, 0.2) is 0 Å². The highest BCUT2D eigenvalue weighted by atomic mass is 16.5. The topological polar surface area (TPSA) is 58.6 Å². The third-order valence-electron chi connectivity index (χ3n) is 3.19. The van der Waals surface area contributed by atoms with Gasteiger partial charge in [0.1, 0.15) is 0 Å². The molecule has 0 unspecified atom stereocenters. The summed E-state index contributed by atoms with van der Waals surface area (Å²) in [6.45, 7) is 1.43. The average molecular weight is 273 g/mol. The molecule has 1 aliphatic rings. The maximum absolute atomic E-state index is 12.3. The molecule has 0 aliphatic carbocycles. The fourth-order valence-electron chi connectivity index (χ4n) is 2.11. The summed E-state index contributed by atoms with van der Waals surface area (Å²) in [5.74, 6) is 5.70. The number of aliphatic hydroxyl groups is 1. The van der Waals surface area contributed by atoms with Crippen molar-refractivity contribution in [2.45, 2.75) is 25.3 Å². The Kier molecular flexibility index (Phi) is 5.60. The van der Waals surface area contributed by atoms with Crippen molar-refractivity contribution in [3.05, 3.63) is 35.4 Å². The van der Waals surface area contributed by atoms with Crippen LogP contribution in [0, 0.1) is 11.8 Å². The van der Waals surface area contributed by atoms with Crippen LogP contribution in [0.4, 0.5) is 0 Å². The van der Waals surface area contributed by atoms with E-state index in [1.165, 1.54) is 0 Å². The van der Waals surface area contributed by atoms with E-state index in [-0.39, 0.29) is 18.6 Å². The first-order valence-corrected chi connectivity index (χ1v) is 6.88. The van der Waals surface area contributed by atoms with Crippen LogP contribution in [0.3, 0.4) is 0 Å². The zero-order valence-electron chi connectivity index (χ0n) is 11.4. The fourth-order valence-corrected chi connectivity index (χ4v) is 2.11. The minimum Gasteiger partial charge on any atom is -0.395 e. The normalized spacial score (nSPS) is 15.2. The van der Waals surface area contributed by atoms with Crippen LogP contribution in [0.2, 0.25) is 0 Å². The van der Waals surface area contributed by atoms with Gasteiger partial charge in [-0.05, 0) is 25.0 Å². The Labute approximate surface area is 119 Å². The van der Waals surface area contributed by atoms with Gasteiger partial charge in [-0.15, -0.1) is 0 Å². The van der Waals surface area contributed by atoms with E-state index >= 15 is 0 Å². The van der Waals surface area contributed by atoms with Gasteiger partial charge in [0.25, 0.3) is 5.91 Å². The summed E-state index contributed by atoms with van der Waals surface area (Å²) in [6.07, 6.45) is 2.12. The van der Waals surface area contributed by atoms with E-state index in [0.717, 1.165) is 12.8 Å². The van der Waals surface area contributed by atoms with Gasteiger partial charge >= 0.3 is 0 Å². The maximum Gasteiger partial charge on any atom is 0.252 e. The van der Waals surface area contributed by atoms with E-state index in [1.54, 1.807) is 6.07 Å². The first-order chi connectivity index (χ1) is 9.81. The quantitative estimate of drug-likeness (QED) is 0.817. The molecule has 106 valence electrons. The Hall–Kier alpha value is -1.83. The van der Waals surface area contributed by atoms with Gasteiger partial charge in [-0.25, -0.2) is 0 Å². The van der Waals surface area contributed by atoms with Crippen molar-refractivity contribution in [1.82, 2.24) is 5.32 Å². The summed E-state index contributed by atoms with van der Waals surface area (Å²) >= 11 is 0. The van der Waals surface area contributed by atoms with Gasteiger partial charge in [0, 0.05) is 31.2 Å². The van der Waals surface area contributed by atoms with Crippen molar-refractivity contribution in [1.29, 1.82) is 0 Å². The van der Waals surface area contributed by atoms with Crippen LogP contribution in [-0.2, 0) is 4.74 Å². The van der Waals surface area contributed by atoms with Crippen molar-refractivity contribution in [3.8, 4) is 11.8 Å². The fraction of sp³-hybridized carbons (Fsp3) is 0.438. The molecule has 1 saturated heterocycles. The molecule has 1 aromatic rings. The molecule has 0 bridgehead atoms. The minimum absolute atomic E-state index is 0.0312. The predicted octanol–water partition coefficient (Wildman–Crippen LogP) is 1.33. The van der Waals surface area contributed by atoms with Crippen LogP contribution in [-0.4, -0.2) is 36.9 Å². The van der Waals surface area contributed by atoms with Gasteiger partial charge < -0.3 is 15.2 Å². The summed E-state index contributed by atoms with van der Waals surface area (Å²) in [4.78, 5) is 12.3. The Morgan fingerprint density at radius 1 is 1.35 bits per heavy atom. The Balaban J connectivity index is 2.07. The van der Waals surface area contributed by atoms with Gasteiger partial charge in [-0.1, -0.05) is 24.0 Å². The molecule has 2 rings (SSSR count). The second kappa shape index (κ2) is 7.68. The largest absolute Gasteiger partial charge is 0.395 e. The molecule has 0 radical (unpaired) electrons. The molecular formula is C16H19NO3. The standard InChI is InChI=1S/C16H19NO3/c18-10-4-3-6-13-5-1-2-7-15(13)16(19)17-14-8-11-20-12-9-14/h1-2,5,7,14,18H,4,8-12H2,(H,17,19). The summed E-state index contributed by atoms with van der Waals surface area (Å²) in [6, 6.07) is 7.46. The number of rotatable bonds is 3. The van der Waals surface area contributed by atoms with E-state index in [4.69, 9.17) is 9.84 Å². The highest BCUT2D eigenvalue weighted by molar-refractivity contribution is 5.96. The molecule has 4 nitrogen and oxygen atoms in total. The molecule has 2 N–H and O–H groups in total. The second-order valence-corrected chi connectivity index (χ2v) is 4.68. The third kappa shape index (κ3) is 4.09. The summed E-state index contributed by atoms with van der Waals surface area (Å²) < 4.78 is 5.28. The number of amides is 1. The molecule has 0 atom stereocenters. The zero-order chi connectivity index (χ0) is 14.2. The lowest BCUT2D eigenvalue weighted by Crippen LogP contribution is -2.39. The molecule has 1 amide bonds. The summed E-state index contributed by atoms with van der Waals surface area (Å²) in [5, 5.41) is 11.8.